The number of hydrogen-bond acceptors (Lipinski definition) is 2. The Labute approximate surface area is 121 Å². The number of nitrogens with one attached hydrogen (secondary N) is 1. The zero-order valence-corrected chi connectivity index (χ0v) is 12.1. The van der Waals surface area contributed by atoms with Crippen molar-refractivity contribution in [2.24, 2.45) is 0 Å². The molecule has 0 aliphatic carbocycles. The average Bonchev–Trinajstić information content (AvgIpc) is 3.08. The largest absolute Gasteiger partial charge is 0.357 e. The Kier molecular flexibility index (Phi) is 3.31. The standard InChI is InChI=1S/C15H14BrN3/c16-13-5-3-11(4-6-13)14-9-12(10-17)15(18-14)19-7-1-2-8-19/h3-6,9,18H,1-2,7-8H2. The van der Waals surface area contributed by atoms with E-state index in [9.17, 15) is 5.26 Å². The highest BCUT2D eigenvalue weighted by atomic mass is 79.9. The summed E-state index contributed by atoms with van der Waals surface area (Å²) in [4.78, 5) is 5.66. The number of aromatic nitrogens is 1. The van der Waals surface area contributed by atoms with Crippen molar-refractivity contribution in [3.05, 3.63) is 40.4 Å². The molecule has 1 fully saturated rings. The van der Waals surface area contributed by atoms with Crippen molar-refractivity contribution in [1.29, 1.82) is 5.26 Å². The van der Waals surface area contributed by atoms with E-state index in [4.69, 9.17) is 0 Å². The second-order valence-electron chi connectivity index (χ2n) is 4.76. The van der Waals surface area contributed by atoms with Crippen molar-refractivity contribution in [3.8, 4) is 17.3 Å². The summed E-state index contributed by atoms with van der Waals surface area (Å²) in [6.07, 6.45) is 2.41. The molecular weight excluding hydrogens is 302 g/mol. The van der Waals surface area contributed by atoms with Crippen molar-refractivity contribution in [1.82, 2.24) is 4.98 Å². The molecule has 1 aliphatic heterocycles. The Morgan fingerprint density at radius 3 is 2.47 bits per heavy atom. The smallest absolute Gasteiger partial charge is 0.124 e. The molecule has 3 rings (SSSR count). The first kappa shape index (κ1) is 12.3. The molecule has 1 saturated heterocycles. The van der Waals surface area contributed by atoms with Gasteiger partial charge < -0.3 is 9.88 Å². The van der Waals surface area contributed by atoms with Crippen LogP contribution in [-0.4, -0.2) is 18.1 Å². The molecule has 0 atom stereocenters. The van der Waals surface area contributed by atoms with Gasteiger partial charge in [-0.25, -0.2) is 0 Å². The summed E-state index contributed by atoms with van der Waals surface area (Å²) in [5.41, 5.74) is 2.84. The third kappa shape index (κ3) is 2.39. The molecule has 1 aromatic carbocycles. The first-order valence-electron chi connectivity index (χ1n) is 6.42. The predicted octanol–water partition coefficient (Wildman–Crippen LogP) is 3.92. The van der Waals surface area contributed by atoms with Crippen molar-refractivity contribution in [3.63, 3.8) is 0 Å². The summed E-state index contributed by atoms with van der Waals surface area (Å²) in [5.74, 6) is 0.970. The highest BCUT2D eigenvalue weighted by molar-refractivity contribution is 9.10. The van der Waals surface area contributed by atoms with Crippen LogP contribution < -0.4 is 4.90 Å². The van der Waals surface area contributed by atoms with Crippen LogP contribution in [0.1, 0.15) is 18.4 Å². The summed E-state index contributed by atoms with van der Waals surface area (Å²) < 4.78 is 1.06. The normalized spacial score (nSPS) is 14.6. The maximum Gasteiger partial charge on any atom is 0.124 e. The third-order valence-electron chi connectivity index (χ3n) is 3.49. The number of aromatic amines is 1. The van der Waals surface area contributed by atoms with E-state index in [1.165, 1.54) is 12.8 Å². The number of anilines is 1. The van der Waals surface area contributed by atoms with Gasteiger partial charge in [0, 0.05) is 23.3 Å². The summed E-state index contributed by atoms with van der Waals surface area (Å²) in [7, 11) is 0. The van der Waals surface area contributed by atoms with Gasteiger partial charge in [-0.2, -0.15) is 5.26 Å². The predicted molar refractivity (Wildman–Crippen MR) is 80.1 cm³/mol. The number of nitrogens with zero attached hydrogens (tertiary/aromatic N) is 2. The molecule has 1 N–H and O–H groups in total. The summed E-state index contributed by atoms with van der Waals surface area (Å²) >= 11 is 3.43. The highest BCUT2D eigenvalue weighted by Crippen LogP contribution is 2.29. The number of rotatable bonds is 2. The van der Waals surface area contributed by atoms with Gasteiger partial charge in [-0.1, -0.05) is 28.1 Å². The second kappa shape index (κ2) is 5.10. The van der Waals surface area contributed by atoms with Crippen molar-refractivity contribution >= 4 is 21.7 Å². The first-order valence-corrected chi connectivity index (χ1v) is 7.21. The topological polar surface area (TPSA) is 42.8 Å². The molecule has 96 valence electrons. The minimum absolute atomic E-state index is 0.736. The third-order valence-corrected chi connectivity index (χ3v) is 4.02. The summed E-state index contributed by atoms with van der Waals surface area (Å²) in [5, 5.41) is 9.28. The lowest BCUT2D eigenvalue weighted by molar-refractivity contribution is 0.944. The number of halogens is 1. The lowest BCUT2D eigenvalue weighted by atomic mass is 10.1. The molecule has 2 heterocycles. The van der Waals surface area contributed by atoms with Crippen LogP contribution in [0, 0.1) is 11.3 Å². The van der Waals surface area contributed by atoms with Gasteiger partial charge in [-0.05, 0) is 36.6 Å². The van der Waals surface area contributed by atoms with Gasteiger partial charge in [0.25, 0.3) is 0 Å². The number of benzene rings is 1. The van der Waals surface area contributed by atoms with E-state index < -0.39 is 0 Å². The molecular formula is C15H14BrN3. The van der Waals surface area contributed by atoms with E-state index in [1.807, 2.05) is 30.3 Å². The highest BCUT2D eigenvalue weighted by Gasteiger charge is 2.18. The Bertz CT molecular complexity index is 616. The molecule has 0 unspecified atom stereocenters. The van der Waals surface area contributed by atoms with Gasteiger partial charge in [-0.3, -0.25) is 0 Å². The molecule has 0 spiro atoms. The van der Waals surface area contributed by atoms with Gasteiger partial charge in [-0.15, -0.1) is 0 Å². The van der Waals surface area contributed by atoms with E-state index >= 15 is 0 Å². The number of hydrogen-bond donors (Lipinski definition) is 1. The molecule has 3 nitrogen and oxygen atoms in total. The minimum atomic E-state index is 0.736. The lowest BCUT2D eigenvalue weighted by Crippen LogP contribution is -2.18. The van der Waals surface area contributed by atoms with Gasteiger partial charge in [0.2, 0.25) is 0 Å². The molecule has 1 aliphatic rings. The molecule has 0 saturated carbocycles. The van der Waals surface area contributed by atoms with Crippen LogP contribution in [0.15, 0.2) is 34.8 Å². The zero-order chi connectivity index (χ0) is 13.2. The SMILES string of the molecule is N#Cc1cc(-c2ccc(Br)cc2)[nH]c1N1CCCC1. The maximum atomic E-state index is 9.28. The van der Waals surface area contributed by atoms with E-state index in [2.05, 4.69) is 31.9 Å². The Morgan fingerprint density at radius 1 is 1.16 bits per heavy atom. The van der Waals surface area contributed by atoms with E-state index in [1.54, 1.807) is 0 Å². The maximum absolute atomic E-state index is 9.28. The van der Waals surface area contributed by atoms with Crippen LogP contribution >= 0.6 is 15.9 Å². The van der Waals surface area contributed by atoms with E-state index in [0.717, 1.165) is 40.2 Å². The lowest BCUT2D eigenvalue weighted by Gasteiger charge is -2.15. The van der Waals surface area contributed by atoms with E-state index in [-0.39, 0.29) is 0 Å². The van der Waals surface area contributed by atoms with Crippen LogP contribution in [0.3, 0.4) is 0 Å². The van der Waals surface area contributed by atoms with Crippen molar-refractivity contribution in [2.75, 3.05) is 18.0 Å². The number of nitriles is 1. The van der Waals surface area contributed by atoms with Gasteiger partial charge >= 0.3 is 0 Å². The average molecular weight is 316 g/mol. The fourth-order valence-electron chi connectivity index (χ4n) is 2.50. The molecule has 0 radical (unpaired) electrons. The monoisotopic (exact) mass is 315 g/mol. The quantitative estimate of drug-likeness (QED) is 0.912. The molecule has 1 aromatic heterocycles. The summed E-state index contributed by atoms with van der Waals surface area (Å²) in [6, 6.07) is 12.3. The molecule has 2 aromatic rings. The van der Waals surface area contributed by atoms with Crippen LogP contribution in [0.5, 0.6) is 0 Å². The van der Waals surface area contributed by atoms with Crippen LogP contribution in [0.4, 0.5) is 5.82 Å². The van der Waals surface area contributed by atoms with Gasteiger partial charge in [0.05, 0.1) is 5.56 Å². The fraction of sp³-hybridized carbons (Fsp3) is 0.267. The van der Waals surface area contributed by atoms with Crippen molar-refractivity contribution < 1.29 is 0 Å². The zero-order valence-electron chi connectivity index (χ0n) is 10.5. The minimum Gasteiger partial charge on any atom is -0.357 e. The van der Waals surface area contributed by atoms with Crippen LogP contribution in [0.2, 0.25) is 0 Å². The summed E-state index contributed by atoms with van der Waals surface area (Å²) in [6.45, 7) is 2.07. The molecule has 0 bridgehead atoms. The Hall–Kier alpha value is -1.73. The molecule has 4 heteroatoms. The Morgan fingerprint density at radius 2 is 1.84 bits per heavy atom. The van der Waals surface area contributed by atoms with Crippen molar-refractivity contribution in [2.45, 2.75) is 12.8 Å². The number of H-pyrrole nitrogens is 1. The molecule has 0 amide bonds. The Balaban J connectivity index is 1.99. The van der Waals surface area contributed by atoms with Gasteiger partial charge in [0.1, 0.15) is 11.9 Å². The van der Waals surface area contributed by atoms with Crippen LogP contribution in [0.25, 0.3) is 11.3 Å². The fourth-order valence-corrected chi connectivity index (χ4v) is 2.77. The van der Waals surface area contributed by atoms with Crippen LogP contribution in [-0.2, 0) is 0 Å². The van der Waals surface area contributed by atoms with E-state index in [0.29, 0.717) is 0 Å². The molecule has 19 heavy (non-hydrogen) atoms. The second-order valence-corrected chi connectivity index (χ2v) is 5.67. The first-order chi connectivity index (χ1) is 9.28. The van der Waals surface area contributed by atoms with Gasteiger partial charge in [0.15, 0.2) is 0 Å².